The summed E-state index contributed by atoms with van der Waals surface area (Å²) in [7, 11) is 0. The molecule has 0 atom stereocenters. The minimum atomic E-state index is -0.180. The van der Waals surface area contributed by atoms with Gasteiger partial charge in [0.15, 0.2) is 0 Å². The van der Waals surface area contributed by atoms with Gasteiger partial charge in [-0.2, -0.15) is 0 Å². The van der Waals surface area contributed by atoms with E-state index in [1.54, 1.807) is 11.0 Å². The van der Waals surface area contributed by atoms with E-state index in [0.29, 0.717) is 19.4 Å². The van der Waals surface area contributed by atoms with Gasteiger partial charge in [0, 0.05) is 25.1 Å². The molecule has 0 aromatic rings. The Hall–Kier alpha value is -0.830. The zero-order valence-corrected chi connectivity index (χ0v) is 9.42. The van der Waals surface area contributed by atoms with Crippen molar-refractivity contribution in [3.63, 3.8) is 0 Å². The molecule has 14 heavy (non-hydrogen) atoms. The summed E-state index contributed by atoms with van der Waals surface area (Å²) in [5.74, 6) is 0.0754. The van der Waals surface area contributed by atoms with Gasteiger partial charge in [-0.15, -0.1) is 6.58 Å². The summed E-state index contributed by atoms with van der Waals surface area (Å²) in [6.45, 7) is 10.2. The first-order chi connectivity index (χ1) is 6.43. The van der Waals surface area contributed by atoms with Crippen LogP contribution in [0.15, 0.2) is 12.7 Å². The zero-order valence-electron chi connectivity index (χ0n) is 9.42. The number of aliphatic hydroxyl groups is 1. The van der Waals surface area contributed by atoms with E-state index in [-0.39, 0.29) is 18.1 Å². The second-order valence-corrected chi connectivity index (χ2v) is 4.29. The molecule has 0 saturated heterocycles. The van der Waals surface area contributed by atoms with Gasteiger partial charge in [-0.05, 0) is 27.2 Å². The molecule has 0 aromatic heterocycles. The predicted octanol–water partition coefficient (Wildman–Crippen LogP) is 1.57. The average Bonchev–Trinajstić information content (AvgIpc) is 2.08. The molecule has 82 valence electrons. The second-order valence-electron chi connectivity index (χ2n) is 4.29. The van der Waals surface area contributed by atoms with Crippen LogP contribution < -0.4 is 0 Å². The molecule has 0 bridgehead atoms. The molecular formula is C11H21NO2. The van der Waals surface area contributed by atoms with Crippen LogP contribution in [0.3, 0.4) is 0 Å². The van der Waals surface area contributed by atoms with Gasteiger partial charge in [0.25, 0.3) is 0 Å². The fourth-order valence-corrected chi connectivity index (χ4v) is 1.24. The Labute approximate surface area is 86.4 Å². The summed E-state index contributed by atoms with van der Waals surface area (Å²) in [5, 5.41) is 8.64. The van der Waals surface area contributed by atoms with Crippen LogP contribution in [0, 0.1) is 0 Å². The number of hydrogen-bond acceptors (Lipinski definition) is 2. The molecule has 0 rings (SSSR count). The lowest BCUT2D eigenvalue weighted by molar-refractivity contribution is -0.135. The molecule has 0 radical (unpaired) electrons. The summed E-state index contributed by atoms with van der Waals surface area (Å²) in [4.78, 5) is 13.5. The first kappa shape index (κ1) is 13.2. The van der Waals surface area contributed by atoms with Crippen LogP contribution in [0.4, 0.5) is 0 Å². The fraction of sp³-hybridized carbons (Fsp3) is 0.727. The van der Waals surface area contributed by atoms with Crippen molar-refractivity contribution < 1.29 is 9.90 Å². The highest BCUT2D eigenvalue weighted by Gasteiger charge is 2.24. The molecule has 0 spiro atoms. The van der Waals surface area contributed by atoms with E-state index in [4.69, 9.17) is 5.11 Å². The molecule has 3 heteroatoms. The van der Waals surface area contributed by atoms with Crippen molar-refractivity contribution in [2.45, 2.75) is 39.2 Å². The van der Waals surface area contributed by atoms with Crippen LogP contribution in [0.2, 0.25) is 0 Å². The highest BCUT2D eigenvalue weighted by atomic mass is 16.3. The first-order valence-electron chi connectivity index (χ1n) is 4.95. The highest BCUT2D eigenvalue weighted by Crippen LogP contribution is 2.14. The van der Waals surface area contributed by atoms with Gasteiger partial charge in [-0.1, -0.05) is 6.08 Å². The molecule has 0 unspecified atom stereocenters. The van der Waals surface area contributed by atoms with Gasteiger partial charge in [0.1, 0.15) is 0 Å². The third-order valence-corrected chi connectivity index (χ3v) is 1.97. The topological polar surface area (TPSA) is 40.5 Å². The van der Waals surface area contributed by atoms with Crippen LogP contribution in [0.25, 0.3) is 0 Å². The molecule has 0 fully saturated rings. The lowest BCUT2D eigenvalue weighted by Crippen LogP contribution is -2.45. The second kappa shape index (κ2) is 5.81. The number of nitrogens with zero attached hydrogens (tertiary/aromatic N) is 1. The molecule has 0 aliphatic rings. The molecule has 0 aromatic carbocycles. The summed E-state index contributed by atoms with van der Waals surface area (Å²) in [5.41, 5.74) is -0.180. The molecule has 0 saturated carbocycles. The Kier molecular flexibility index (Phi) is 5.46. The molecular weight excluding hydrogens is 178 g/mol. The molecule has 0 heterocycles. The van der Waals surface area contributed by atoms with Gasteiger partial charge in [-0.3, -0.25) is 4.79 Å². The van der Waals surface area contributed by atoms with Crippen LogP contribution in [0.5, 0.6) is 0 Å². The zero-order chi connectivity index (χ0) is 11.2. The Morgan fingerprint density at radius 2 is 2.07 bits per heavy atom. The van der Waals surface area contributed by atoms with Crippen molar-refractivity contribution in [1.29, 1.82) is 0 Å². The van der Waals surface area contributed by atoms with E-state index in [0.717, 1.165) is 0 Å². The summed E-state index contributed by atoms with van der Waals surface area (Å²) >= 11 is 0. The number of hydrogen-bond donors (Lipinski definition) is 1. The molecule has 1 amide bonds. The Bertz CT molecular complexity index is 194. The van der Waals surface area contributed by atoms with E-state index >= 15 is 0 Å². The maximum absolute atomic E-state index is 11.7. The van der Waals surface area contributed by atoms with E-state index in [1.807, 2.05) is 20.8 Å². The average molecular weight is 199 g/mol. The largest absolute Gasteiger partial charge is 0.396 e. The minimum Gasteiger partial charge on any atom is -0.396 e. The molecule has 0 aliphatic carbocycles. The van der Waals surface area contributed by atoms with Crippen LogP contribution in [0.1, 0.15) is 33.6 Å². The van der Waals surface area contributed by atoms with E-state index in [9.17, 15) is 4.79 Å². The van der Waals surface area contributed by atoms with Gasteiger partial charge in [0.05, 0.1) is 0 Å². The summed E-state index contributed by atoms with van der Waals surface area (Å²) in [6.07, 6.45) is 2.66. The van der Waals surface area contributed by atoms with E-state index in [2.05, 4.69) is 6.58 Å². The quantitative estimate of drug-likeness (QED) is 0.683. The standard InChI is InChI=1S/C11H21NO2/c1-5-8-12(11(2,3)4)10(14)7-6-9-13/h5,13H,1,6-9H2,2-4H3. The van der Waals surface area contributed by atoms with Gasteiger partial charge in [0.2, 0.25) is 5.91 Å². The number of aliphatic hydroxyl groups excluding tert-OH is 1. The van der Waals surface area contributed by atoms with Crippen molar-refractivity contribution >= 4 is 5.91 Å². The number of carbonyl (C=O) groups excluding carboxylic acids is 1. The predicted molar refractivity (Wildman–Crippen MR) is 58.0 cm³/mol. The maximum atomic E-state index is 11.7. The minimum absolute atomic E-state index is 0.0673. The van der Waals surface area contributed by atoms with E-state index in [1.165, 1.54) is 0 Å². The first-order valence-corrected chi connectivity index (χ1v) is 4.95. The number of amides is 1. The van der Waals surface area contributed by atoms with Gasteiger partial charge >= 0.3 is 0 Å². The Morgan fingerprint density at radius 3 is 2.43 bits per heavy atom. The van der Waals surface area contributed by atoms with Gasteiger partial charge in [-0.25, -0.2) is 0 Å². The van der Waals surface area contributed by atoms with Crippen LogP contribution >= 0.6 is 0 Å². The summed E-state index contributed by atoms with van der Waals surface area (Å²) < 4.78 is 0. The lowest BCUT2D eigenvalue weighted by Gasteiger charge is -2.35. The van der Waals surface area contributed by atoms with Crippen molar-refractivity contribution in [2.24, 2.45) is 0 Å². The van der Waals surface area contributed by atoms with Crippen molar-refractivity contribution in [3.05, 3.63) is 12.7 Å². The third kappa shape index (κ3) is 4.42. The SMILES string of the molecule is C=CCN(C(=O)CCCO)C(C)(C)C. The van der Waals surface area contributed by atoms with E-state index < -0.39 is 0 Å². The number of rotatable bonds is 5. The van der Waals surface area contributed by atoms with Crippen LogP contribution in [-0.4, -0.2) is 34.6 Å². The Morgan fingerprint density at radius 1 is 1.50 bits per heavy atom. The smallest absolute Gasteiger partial charge is 0.223 e. The maximum Gasteiger partial charge on any atom is 0.223 e. The normalized spacial score (nSPS) is 11.1. The molecule has 3 nitrogen and oxygen atoms in total. The number of carbonyl (C=O) groups is 1. The Balaban J connectivity index is 4.33. The van der Waals surface area contributed by atoms with Crippen LogP contribution in [-0.2, 0) is 4.79 Å². The fourth-order valence-electron chi connectivity index (χ4n) is 1.24. The summed E-state index contributed by atoms with van der Waals surface area (Å²) in [6, 6.07) is 0. The van der Waals surface area contributed by atoms with Crippen molar-refractivity contribution in [1.82, 2.24) is 4.90 Å². The monoisotopic (exact) mass is 199 g/mol. The molecule has 1 N–H and O–H groups in total. The lowest BCUT2D eigenvalue weighted by atomic mass is 10.0. The highest BCUT2D eigenvalue weighted by molar-refractivity contribution is 5.77. The van der Waals surface area contributed by atoms with Crippen molar-refractivity contribution in [2.75, 3.05) is 13.2 Å². The third-order valence-electron chi connectivity index (χ3n) is 1.97. The van der Waals surface area contributed by atoms with Crippen molar-refractivity contribution in [3.8, 4) is 0 Å². The van der Waals surface area contributed by atoms with Gasteiger partial charge < -0.3 is 10.0 Å². The molecule has 0 aliphatic heterocycles.